The molecule has 0 aliphatic carbocycles. The Morgan fingerprint density at radius 1 is 1.23 bits per heavy atom. The second-order valence-corrected chi connectivity index (χ2v) is 6.13. The lowest BCUT2D eigenvalue weighted by atomic mass is 10.1. The van der Waals surface area contributed by atoms with E-state index in [4.69, 9.17) is 17.0 Å². The maximum absolute atomic E-state index is 13.2. The van der Waals surface area contributed by atoms with Crippen molar-refractivity contribution in [1.82, 2.24) is 10.3 Å². The molecular weight excluding hydrogens is 353 g/mol. The fourth-order valence-corrected chi connectivity index (χ4v) is 2.81. The fraction of sp³-hybridized carbons (Fsp3) is 0.158. The second kappa shape index (κ2) is 7.97. The highest BCUT2D eigenvalue weighted by Crippen LogP contribution is 2.18. The molecule has 0 radical (unpaired) electrons. The molecule has 7 heteroatoms. The first-order chi connectivity index (χ1) is 12.5. The van der Waals surface area contributed by atoms with Gasteiger partial charge < -0.3 is 20.4 Å². The topological polar surface area (TPSA) is 66.2 Å². The Labute approximate surface area is 155 Å². The third-order valence-electron chi connectivity index (χ3n) is 3.89. The zero-order chi connectivity index (χ0) is 18.5. The fourth-order valence-electron chi connectivity index (χ4n) is 2.59. The number of halogens is 1. The molecule has 0 saturated carbocycles. The molecule has 0 amide bonds. The maximum atomic E-state index is 13.2. The monoisotopic (exact) mass is 371 g/mol. The summed E-state index contributed by atoms with van der Waals surface area (Å²) in [6.45, 7) is 0.478. The second-order valence-electron chi connectivity index (χ2n) is 5.72. The normalized spacial score (nSPS) is 10.5. The van der Waals surface area contributed by atoms with Gasteiger partial charge in [0.2, 0.25) is 0 Å². The van der Waals surface area contributed by atoms with E-state index in [2.05, 4.69) is 15.6 Å². The van der Waals surface area contributed by atoms with E-state index in [0.29, 0.717) is 35.1 Å². The Kier molecular flexibility index (Phi) is 5.48. The average Bonchev–Trinajstić information content (AvgIpc) is 2.61. The lowest BCUT2D eigenvalue weighted by Crippen LogP contribution is -2.31. The van der Waals surface area contributed by atoms with Crippen LogP contribution < -0.4 is 20.9 Å². The first kappa shape index (κ1) is 17.9. The predicted molar refractivity (Wildman–Crippen MR) is 105 cm³/mol. The number of aromatic amines is 1. The molecule has 3 rings (SSSR count). The molecule has 5 nitrogen and oxygen atoms in total. The minimum absolute atomic E-state index is 0.142. The van der Waals surface area contributed by atoms with Gasteiger partial charge in [-0.2, -0.15) is 0 Å². The Morgan fingerprint density at radius 2 is 2.08 bits per heavy atom. The van der Waals surface area contributed by atoms with Crippen LogP contribution in [0.3, 0.4) is 0 Å². The average molecular weight is 371 g/mol. The van der Waals surface area contributed by atoms with Crippen LogP contribution in [0.25, 0.3) is 10.9 Å². The van der Waals surface area contributed by atoms with Crippen LogP contribution in [0.15, 0.2) is 53.3 Å². The number of fused-ring (bicyclic) bond motifs is 1. The number of H-pyrrole nitrogens is 1. The van der Waals surface area contributed by atoms with Crippen LogP contribution in [0.4, 0.5) is 10.1 Å². The molecule has 1 heterocycles. The van der Waals surface area contributed by atoms with Crippen molar-refractivity contribution >= 4 is 33.9 Å². The van der Waals surface area contributed by atoms with Gasteiger partial charge in [0, 0.05) is 23.9 Å². The minimum atomic E-state index is -0.336. The van der Waals surface area contributed by atoms with Gasteiger partial charge >= 0.3 is 0 Å². The molecule has 2 aromatic carbocycles. The molecular formula is C19H18FN3O2S. The van der Waals surface area contributed by atoms with Crippen LogP contribution in [-0.2, 0) is 6.42 Å². The van der Waals surface area contributed by atoms with Gasteiger partial charge in [0.1, 0.15) is 11.6 Å². The number of hydrogen-bond acceptors (Lipinski definition) is 3. The summed E-state index contributed by atoms with van der Waals surface area (Å²) in [7, 11) is 1.58. The molecule has 0 spiro atoms. The van der Waals surface area contributed by atoms with E-state index >= 15 is 0 Å². The highest BCUT2D eigenvalue weighted by molar-refractivity contribution is 7.80. The van der Waals surface area contributed by atoms with E-state index in [-0.39, 0.29) is 11.4 Å². The molecule has 0 unspecified atom stereocenters. The van der Waals surface area contributed by atoms with Gasteiger partial charge in [0.05, 0.1) is 12.6 Å². The van der Waals surface area contributed by atoms with Gasteiger partial charge in [-0.1, -0.05) is 6.07 Å². The largest absolute Gasteiger partial charge is 0.497 e. The number of rotatable bonds is 5. The van der Waals surface area contributed by atoms with Crippen molar-refractivity contribution in [2.45, 2.75) is 6.42 Å². The van der Waals surface area contributed by atoms with Crippen molar-refractivity contribution in [3.8, 4) is 5.75 Å². The Bertz CT molecular complexity index is 1000. The van der Waals surface area contributed by atoms with E-state index in [1.54, 1.807) is 25.3 Å². The highest BCUT2D eigenvalue weighted by atomic mass is 32.1. The van der Waals surface area contributed by atoms with Crippen LogP contribution in [0, 0.1) is 5.82 Å². The van der Waals surface area contributed by atoms with Crippen molar-refractivity contribution in [3.05, 3.63) is 70.3 Å². The van der Waals surface area contributed by atoms with E-state index in [0.717, 1.165) is 10.9 Å². The molecule has 0 aliphatic heterocycles. The van der Waals surface area contributed by atoms with Crippen molar-refractivity contribution in [1.29, 1.82) is 0 Å². The maximum Gasteiger partial charge on any atom is 0.251 e. The Balaban J connectivity index is 1.61. The predicted octanol–water partition coefficient (Wildman–Crippen LogP) is 3.20. The van der Waals surface area contributed by atoms with Crippen molar-refractivity contribution in [2.75, 3.05) is 19.0 Å². The molecule has 0 aliphatic rings. The number of pyridine rings is 1. The summed E-state index contributed by atoms with van der Waals surface area (Å²) in [5.74, 6) is 0.355. The standard InChI is InChI=1S/C19H18FN3O2S/c1-25-16-6-5-12-9-13(18(24)23-17(12)11-16)7-8-21-19(26)22-15-4-2-3-14(20)10-15/h2-6,9-11H,7-8H2,1H3,(H,23,24)(H2,21,22,26). The number of benzene rings is 2. The number of aromatic nitrogens is 1. The lowest BCUT2D eigenvalue weighted by Gasteiger charge is -2.11. The molecule has 26 heavy (non-hydrogen) atoms. The van der Waals surface area contributed by atoms with E-state index < -0.39 is 0 Å². The van der Waals surface area contributed by atoms with E-state index in [1.807, 2.05) is 18.2 Å². The van der Waals surface area contributed by atoms with Gasteiger partial charge in [0.25, 0.3) is 5.56 Å². The molecule has 1 aromatic heterocycles. The summed E-state index contributed by atoms with van der Waals surface area (Å²) in [6, 6.07) is 13.4. The van der Waals surface area contributed by atoms with E-state index in [1.165, 1.54) is 12.1 Å². The molecule has 0 saturated heterocycles. The molecule has 0 fully saturated rings. The molecule has 3 N–H and O–H groups in total. The molecule has 3 aromatic rings. The quantitative estimate of drug-likeness (QED) is 0.601. The Hall–Kier alpha value is -2.93. The van der Waals surface area contributed by atoms with Crippen LogP contribution in [0.5, 0.6) is 5.75 Å². The smallest absolute Gasteiger partial charge is 0.251 e. The van der Waals surface area contributed by atoms with Crippen LogP contribution in [-0.4, -0.2) is 23.8 Å². The number of hydrogen-bond donors (Lipinski definition) is 3. The number of anilines is 1. The number of nitrogens with one attached hydrogen (secondary N) is 3. The first-order valence-corrected chi connectivity index (χ1v) is 8.46. The lowest BCUT2D eigenvalue weighted by molar-refractivity contribution is 0.415. The van der Waals surface area contributed by atoms with Crippen molar-refractivity contribution in [3.63, 3.8) is 0 Å². The summed E-state index contributed by atoms with van der Waals surface area (Å²) in [5, 5.41) is 7.23. The zero-order valence-electron chi connectivity index (χ0n) is 14.1. The molecule has 0 atom stereocenters. The van der Waals surface area contributed by atoms with Crippen LogP contribution in [0.2, 0.25) is 0 Å². The molecule has 0 bridgehead atoms. The van der Waals surface area contributed by atoms with Crippen LogP contribution >= 0.6 is 12.2 Å². The molecule has 134 valence electrons. The van der Waals surface area contributed by atoms with E-state index in [9.17, 15) is 9.18 Å². The summed E-state index contributed by atoms with van der Waals surface area (Å²) in [5.41, 5.74) is 1.81. The first-order valence-electron chi connectivity index (χ1n) is 8.05. The summed E-state index contributed by atoms with van der Waals surface area (Å²) in [6.07, 6.45) is 0.502. The third-order valence-corrected chi connectivity index (χ3v) is 4.14. The zero-order valence-corrected chi connectivity index (χ0v) is 15.0. The van der Waals surface area contributed by atoms with Gasteiger partial charge in [-0.25, -0.2) is 4.39 Å². The minimum Gasteiger partial charge on any atom is -0.497 e. The van der Waals surface area contributed by atoms with Crippen molar-refractivity contribution < 1.29 is 9.13 Å². The van der Waals surface area contributed by atoms with Crippen LogP contribution in [0.1, 0.15) is 5.56 Å². The number of thiocarbonyl (C=S) groups is 1. The summed E-state index contributed by atoms with van der Waals surface area (Å²) < 4.78 is 18.3. The number of methoxy groups -OCH3 is 1. The summed E-state index contributed by atoms with van der Waals surface area (Å²) >= 11 is 5.19. The van der Waals surface area contributed by atoms with Gasteiger partial charge in [0.15, 0.2) is 5.11 Å². The SMILES string of the molecule is COc1ccc2cc(CCNC(=S)Nc3cccc(F)c3)c(=O)[nH]c2c1. The van der Waals surface area contributed by atoms with Gasteiger partial charge in [-0.05, 0) is 60.4 Å². The number of ether oxygens (including phenoxy) is 1. The third kappa shape index (κ3) is 4.37. The van der Waals surface area contributed by atoms with Gasteiger partial charge in [-0.3, -0.25) is 4.79 Å². The van der Waals surface area contributed by atoms with Gasteiger partial charge in [-0.15, -0.1) is 0 Å². The summed E-state index contributed by atoms with van der Waals surface area (Å²) in [4.78, 5) is 15.1. The Morgan fingerprint density at radius 3 is 2.85 bits per heavy atom. The van der Waals surface area contributed by atoms with Crippen molar-refractivity contribution in [2.24, 2.45) is 0 Å². The highest BCUT2D eigenvalue weighted by Gasteiger charge is 2.05.